The van der Waals surface area contributed by atoms with Crippen molar-refractivity contribution in [3.05, 3.63) is 36.4 Å². The first kappa shape index (κ1) is 18.9. The van der Waals surface area contributed by atoms with Crippen LogP contribution in [0.4, 0.5) is 21.9 Å². The van der Waals surface area contributed by atoms with E-state index in [0.717, 1.165) is 6.42 Å². The minimum Gasteiger partial charge on any atom is -0.492 e. The maximum absolute atomic E-state index is 12.7. The Kier molecular flexibility index (Phi) is 5.41. The number of para-hydroxylation sites is 2. The Labute approximate surface area is 168 Å². The minimum atomic E-state index is -0.443. The number of carbonyl (C=O) groups excluding carboxylic acids is 2. The van der Waals surface area contributed by atoms with Crippen molar-refractivity contribution in [3.63, 3.8) is 0 Å². The Morgan fingerprint density at radius 2 is 1.83 bits per heavy atom. The molecule has 29 heavy (non-hydrogen) atoms. The number of urea groups is 1. The third-order valence-electron chi connectivity index (χ3n) is 4.71. The highest BCUT2D eigenvalue weighted by atomic mass is 16.6. The fourth-order valence-electron chi connectivity index (χ4n) is 3.44. The zero-order valence-electron chi connectivity index (χ0n) is 16.2. The standard InChI is InChI=1S/C21H23N3O5/c1-2-27-17-13-19-18(28-10-11-29-19)12-15(17)23-21(26)22-14-6-3-4-7-16(14)24-9-5-8-20(24)25/h3-4,6-7,12-13H,2,5,8-11H2,1H3,(H2,22,23,26). The van der Waals surface area contributed by atoms with Crippen molar-refractivity contribution < 1.29 is 23.8 Å². The lowest BCUT2D eigenvalue weighted by atomic mass is 10.2. The molecule has 2 heterocycles. The van der Waals surface area contributed by atoms with Gasteiger partial charge in [-0.3, -0.25) is 4.79 Å². The first-order valence-electron chi connectivity index (χ1n) is 9.69. The summed E-state index contributed by atoms with van der Waals surface area (Å²) >= 11 is 0. The molecule has 0 aliphatic carbocycles. The summed E-state index contributed by atoms with van der Waals surface area (Å²) in [6.07, 6.45) is 1.34. The van der Waals surface area contributed by atoms with Gasteiger partial charge < -0.3 is 29.7 Å². The topological polar surface area (TPSA) is 89.1 Å². The third kappa shape index (κ3) is 4.06. The predicted octanol–water partition coefficient (Wildman–Crippen LogP) is 3.63. The monoisotopic (exact) mass is 397 g/mol. The fourth-order valence-corrected chi connectivity index (χ4v) is 3.44. The maximum atomic E-state index is 12.7. The van der Waals surface area contributed by atoms with Gasteiger partial charge in [0.2, 0.25) is 5.91 Å². The highest BCUT2D eigenvalue weighted by Crippen LogP contribution is 2.40. The molecule has 0 radical (unpaired) electrons. The molecule has 2 aromatic rings. The van der Waals surface area contributed by atoms with E-state index in [2.05, 4.69) is 10.6 Å². The Morgan fingerprint density at radius 3 is 2.55 bits per heavy atom. The first-order valence-corrected chi connectivity index (χ1v) is 9.69. The molecule has 3 amide bonds. The van der Waals surface area contributed by atoms with E-state index in [1.165, 1.54) is 0 Å². The molecule has 0 saturated carbocycles. The normalized spacial score (nSPS) is 15.2. The molecule has 0 aromatic heterocycles. The molecule has 8 heteroatoms. The smallest absolute Gasteiger partial charge is 0.323 e. The Hall–Kier alpha value is -3.42. The van der Waals surface area contributed by atoms with Crippen molar-refractivity contribution in [2.24, 2.45) is 0 Å². The van der Waals surface area contributed by atoms with Crippen LogP contribution in [0.1, 0.15) is 19.8 Å². The summed E-state index contributed by atoms with van der Waals surface area (Å²) in [6, 6.07) is 10.2. The van der Waals surface area contributed by atoms with Gasteiger partial charge in [-0.05, 0) is 25.5 Å². The summed E-state index contributed by atoms with van der Waals surface area (Å²) in [7, 11) is 0. The van der Waals surface area contributed by atoms with E-state index in [0.29, 0.717) is 67.1 Å². The Balaban J connectivity index is 1.54. The molecular formula is C21H23N3O5. The molecule has 152 valence electrons. The molecule has 1 fully saturated rings. The van der Waals surface area contributed by atoms with E-state index in [-0.39, 0.29) is 5.91 Å². The highest BCUT2D eigenvalue weighted by Gasteiger charge is 2.24. The SMILES string of the molecule is CCOc1cc2c(cc1NC(=O)Nc1ccccc1N1CCCC1=O)OCCO2. The van der Waals surface area contributed by atoms with E-state index in [4.69, 9.17) is 14.2 Å². The number of nitrogens with one attached hydrogen (secondary N) is 2. The summed E-state index contributed by atoms with van der Waals surface area (Å²) < 4.78 is 16.8. The predicted molar refractivity (Wildman–Crippen MR) is 109 cm³/mol. The first-order chi connectivity index (χ1) is 14.2. The molecule has 0 bridgehead atoms. The number of fused-ring (bicyclic) bond motifs is 1. The van der Waals surface area contributed by atoms with Gasteiger partial charge in [0.25, 0.3) is 0 Å². The lowest BCUT2D eigenvalue weighted by molar-refractivity contribution is -0.117. The van der Waals surface area contributed by atoms with Crippen LogP contribution in [0.3, 0.4) is 0 Å². The van der Waals surface area contributed by atoms with Crippen LogP contribution < -0.4 is 29.7 Å². The minimum absolute atomic E-state index is 0.0603. The Morgan fingerprint density at radius 1 is 1.10 bits per heavy atom. The lowest BCUT2D eigenvalue weighted by Gasteiger charge is -2.22. The van der Waals surface area contributed by atoms with Gasteiger partial charge in [0.05, 0.1) is 23.7 Å². The number of carbonyl (C=O) groups is 2. The summed E-state index contributed by atoms with van der Waals surface area (Å²) in [5, 5.41) is 5.64. The van der Waals surface area contributed by atoms with Crippen LogP contribution in [0.15, 0.2) is 36.4 Å². The van der Waals surface area contributed by atoms with Crippen LogP contribution in [0.5, 0.6) is 17.2 Å². The van der Waals surface area contributed by atoms with Gasteiger partial charge in [-0.15, -0.1) is 0 Å². The zero-order chi connectivity index (χ0) is 20.2. The molecule has 2 aromatic carbocycles. The van der Waals surface area contributed by atoms with Crippen LogP contribution in [0.2, 0.25) is 0 Å². The summed E-state index contributed by atoms with van der Waals surface area (Å²) in [6.45, 7) is 3.87. The van der Waals surface area contributed by atoms with Crippen LogP contribution >= 0.6 is 0 Å². The molecule has 8 nitrogen and oxygen atoms in total. The maximum Gasteiger partial charge on any atom is 0.323 e. The number of benzene rings is 2. The highest BCUT2D eigenvalue weighted by molar-refractivity contribution is 6.05. The average molecular weight is 397 g/mol. The van der Waals surface area contributed by atoms with Crippen molar-refractivity contribution in [1.82, 2.24) is 0 Å². The van der Waals surface area contributed by atoms with E-state index < -0.39 is 6.03 Å². The number of amides is 3. The lowest BCUT2D eigenvalue weighted by Crippen LogP contribution is -2.27. The van der Waals surface area contributed by atoms with Crippen molar-refractivity contribution in [2.45, 2.75) is 19.8 Å². The molecule has 2 aliphatic heterocycles. The van der Waals surface area contributed by atoms with E-state index in [1.807, 2.05) is 25.1 Å². The van der Waals surface area contributed by atoms with Crippen LogP contribution in [-0.2, 0) is 4.79 Å². The van der Waals surface area contributed by atoms with E-state index in [9.17, 15) is 9.59 Å². The summed E-state index contributed by atoms with van der Waals surface area (Å²) in [4.78, 5) is 26.5. The fraction of sp³-hybridized carbons (Fsp3) is 0.333. The Bertz CT molecular complexity index is 931. The molecule has 2 N–H and O–H groups in total. The van der Waals surface area contributed by atoms with Gasteiger partial charge in [0.15, 0.2) is 11.5 Å². The summed E-state index contributed by atoms with van der Waals surface area (Å²) in [5.41, 5.74) is 1.73. The average Bonchev–Trinajstić information content (AvgIpc) is 3.14. The van der Waals surface area contributed by atoms with Crippen LogP contribution in [0, 0.1) is 0 Å². The molecule has 0 unspecified atom stereocenters. The number of anilines is 3. The van der Waals surface area contributed by atoms with Gasteiger partial charge in [-0.25, -0.2) is 4.79 Å². The summed E-state index contributed by atoms with van der Waals surface area (Å²) in [5.74, 6) is 1.70. The van der Waals surface area contributed by atoms with Gasteiger partial charge in [-0.1, -0.05) is 12.1 Å². The largest absolute Gasteiger partial charge is 0.492 e. The number of hydrogen-bond donors (Lipinski definition) is 2. The van der Waals surface area contributed by atoms with Crippen molar-refractivity contribution in [3.8, 4) is 17.2 Å². The second-order valence-corrected chi connectivity index (χ2v) is 6.67. The third-order valence-corrected chi connectivity index (χ3v) is 4.71. The molecule has 1 saturated heterocycles. The molecule has 0 atom stereocenters. The number of nitrogens with zero attached hydrogens (tertiary/aromatic N) is 1. The van der Waals surface area contributed by atoms with Gasteiger partial charge in [-0.2, -0.15) is 0 Å². The van der Waals surface area contributed by atoms with Crippen molar-refractivity contribution in [1.29, 1.82) is 0 Å². The number of ether oxygens (including phenoxy) is 3. The molecular weight excluding hydrogens is 374 g/mol. The molecule has 4 rings (SSSR count). The number of rotatable bonds is 5. The zero-order valence-corrected chi connectivity index (χ0v) is 16.2. The molecule has 0 spiro atoms. The van der Waals surface area contributed by atoms with E-state index >= 15 is 0 Å². The van der Waals surface area contributed by atoms with Gasteiger partial charge in [0.1, 0.15) is 19.0 Å². The quantitative estimate of drug-likeness (QED) is 0.804. The van der Waals surface area contributed by atoms with Crippen LogP contribution in [-0.4, -0.2) is 38.3 Å². The van der Waals surface area contributed by atoms with Crippen molar-refractivity contribution >= 4 is 29.0 Å². The van der Waals surface area contributed by atoms with Gasteiger partial charge >= 0.3 is 6.03 Å². The van der Waals surface area contributed by atoms with Crippen LogP contribution in [0.25, 0.3) is 0 Å². The second kappa shape index (κ2) is 8.30. The van der Waals surface area contributed by atoms with Gasteiger partial charge in [0, 0.05) is 25.1 Å². The van der Waals surface area contributed by atoms with Crippen molar-refractivity contribution in [2.75, 3.05) is 41.9 Å². The molecule has 2 aliphatic rings. The van der Waals surface area contributed by atoms with E-state index in [1.54, 1.807) is 23.1 Å². The second-order valence-electron chi connectivity index (χ2n) is 6.67. The number of hydrogen-bond acceptors (Lipinski definition) is 5.